The molecule has 1 rings (SSSR count). The molecule has 0 saturated heterocycles. The van der Waals surface area contributed by atoms with E-state index in [1.165, 1.54) is 6.21 Å². The maximum atomic E-state index is 12.9. The number of aliphatic imine (C=N–C) groups is 1. The number of aliphatic hydroxyl groups excluding tert-OH is 1. The van der Waals surface area contributed by atoms with Crippen LogP contribution in [0.15, 0.2) is 16.6 Å². The number of aliphatic hydroxyl groups is 1. The summed E-state index contributed by atoms with van der Waals surface area (Å²) in [7, 11) is -2.01. The lowest BCUT2D eigenvalue weighted by molar-refractivity contribution is -0.137. The molecular formula is C27H42ClI2NO5Si. The minimum Gasteiger partial charge on any atom is -0.506 e. The topological polar surface area (TPSA) is 77.4 Å². The molecule has 0 heterocycles. The zero-order valence-electron chi connectivity index (χ0n) is 23.9. The summed E-state index contributed by atoms with van der Waals surface area (Å²) in [5.74, 6) is -0.331. The number of hydrogen-bond donors (Lipinski definition) is 1. The maximum Gasteiger partial charge on any atom is 0.343 e. The Morgan fingerprint density at radius 3 is 2.22 bits per heavy atom. The first-order valence-electron chi connectivity index (χ1n) is 12.4. The van der Waals surface area contributed by atoms with E-state index in [4.69, 9.17) is 30.5 Å². The summed E-state index contributed by atoms with van der Waals surface area (Å²) < 4.78 is 19.0. The molecule has 210 valence electrons. The summed E-state index contributed by atoms with van der Waals surface area (Å²) in [5.41, 5.74) is 0.00677. The number of halogens is 3. The van der Waals surface area contributed by atoms with Crippen LogP contribution in [-0.2, 0) is 14.0 Å². The zero-order chi connectivity index (χ0) is 28.9. The first-order chi connectivity index (χ1) is 16.7. The molecule has 1 aromatic rings. The Morgan fingerprint density at radius 2 is 1.76 bits per heavy atom. The van der Waals surface area contributed by atoms with E-state index >= 15 is 0 Å². The third-order valence-corrected chi connectivity index (χ3v) is 13.3. The van der Waals surface area contributed by atoms with Gasteiger partial charge in [-0.05, 0) is 95.6 Å². The van der Waals surface area contributed by atoms with Crippen LogP contribution in [0.5, 0.6) is 5.75 Å². The van der Waals surface area contributed by atoms with Gasteiger partial charge in [0, 0.05) is 11.8 Å². The average Bonchev–Trinajstić information content (AvgIpc) is 2.74. The average molecular weight is 778 g/mol. The van der Waals surface area contributed by atoms with Crippen molar-refractivity contribution in [1.82, 2.24) is 0 Å². The highest BCUT2D eigenvalue weighted by Gasteiger charge is 2.38. The third kappa shape index (κ3) is 9.65. The molecule has 0 amide bonds. The second-order valence-corrected chi connectivity index (χ2v) is 19.2. The smallest absolute Gasteiger partial charge is 0.343 e. The fraction of sp³-hybridized carbons (Fsp3) is 0.630. The monoisotopic (exact) mass is 777 g/mol. The van der Waals surface area contributed by atoms with Gasteiger partial charge < -0.3 is 19.0 Å². The molecule has 0 aliphatic carbocycles. The Labute approximate surface area is 256 Å². The highest BCUT2D eigenvalue weighted by atomic mass is 127. The third-order valence-electron chi connectivity index (χ3n) is 6.27. The number of hydrogen-bond acceptors (Lipinski definition) is 6. The second-order valence-electron chi connectivity index (χ2n) is 11.7. The maximum absolute atomic E-state index is 12.9. The summed E-state index contributed by atoms with van der Waals surface area (Å²) in [6, 6.07) is 1.45. The van der Waals surface area contributed by atoms with Gasteiger partial charge in [0.15, 0.2) is 8.32 Å². The molecule has 0 radical (unpaired) electrons. The van der Waals surface area contributed by atoms with Gasteiger partial charge in [-0.15, -0.1) is 0 Å². The van der Waals surface area contributed by atoms with Crippen molar-refractivity contribution in [2.45, 2.75) is 92.6 Å². The van der Waals surface area contributed by atoms with Gasteiger partial charge in [-0.25, -0.2) is 4.79 Å². The first-order valence-corrected chi connectivity index (χ1v) is 17.8. The highest BCUT2D eigenvalue weighted by molar-refractivity contribution is 14.1. The van der Waals surface area contributed by atoms with E-state index in [1.807, 2.05) is 13.8 Å². The van der Waals surface area contributed by atoms with Crippen LogP contribution in [0.2, 0.25) is 23.2 Å². The number of nitrogens with zero attached hydrogens (tertiary/aromatic N) is 1. The van der Waals surface area contributed by atoms with Crippen molar-refractivity contribution in [3.05, 3.63) is 29.4 Å². The highest BCUT2D eigenvalue weighted by Crippen LogP contribution is 2.40. The molecule has 0 aliphatic rings. The van der Waals surface area contributed by atoms with Crippen molar-refractivity contribution in [2.75, 3.05) is 13.2 Å². The fourth-order valence-corrected chi connectivity index (χ4v) is 6.01. The number of rotatable bonds is 10. The molecule has 0 spiro atoms. The predicted molar refractivity (Wildman–Crippen MR) is 174 cm³/mol. The minimum atomic E-state index is -2.01. The molecule has 0 saturated carbocycles. The van der Waals surface area contributed by atoms with E-state index in [-0.39, 0.29) is 45.6 Å². The van der Waals surface area contributed by atoms with Crippen molar-refractivity contribution >= 4 is 83.0 Å². The van der Waals surface area contributed by atoms with Gasteiger partial charge in [-0.2, -0.15) is 0 Å². The number of ether oxygens (including phenoxy) is 2. The van der Waals surface area contributed by atoms with Crippen molar-refractivity contribution < 1.29 is 23.8 Å². The molecular weight excluding hydrogens is 736 g/mol. The first kappa shape index (κ1) is 34.7. The number of carbonyl (C=O) groups is 1. The standard InChI is InChI=1S/C27H42ClI2NO5Si/c1-12-34-25(33)18(14-31-20(26(4,5)6)15-35-37(10,11)27(7,8)9)23(32)17-13-19(29)24(36-16(2)3)22(30)21(17)28/h13-14,16,20,32H,12,15H2,1-11H3/b23-18-,31-14?. The molecule has 1 N–H and O–H groups in total. The van der Waals surface area contributed by atoms with E-state index in [0.29, 0.717) is 21.5 Å². The fourth-order valence-electron chi connectivity index (χ4n) is 2.84. The van der Waals surface area contributed by atoms with E-state index in [2.05, 4.69) is 99.8 Å². The number of carbonyl (C=O) groups excluding carboxylic acids is 1. The van der Waals surface area contributed by atoms with Crippen LogP contribution in [0.25, 0.3) is 5.76 Å². The Bertz CT molecular complexity index is 1030. The van der Waals surface area contributed by atoms with Crippen molar-refractivity contribution in [3.8, 4) is 5.75 Å². The van der Waals surface area contributed by atoms with E-state index in [0.717, 1.165) is 3.57 Å². The van der Waals surface area contributed by atoms with Gasteiger partial charge in [0.25, 0.3) is 0 Å². The molecule has 6 nitrogen and oxygen atoms in total. The summed E-state index contributed by atoms with van der Waals surface area (Å²) in [4.78, 5) is 17.7. The van der Waals surface area contributed by atoms with Crippen LogP contribution in [0, 0.1) is 12.6 Å². The normalized spacial score (nSPS) is 14.7. The van der Waals surface area contributed by atoms with Gasteiger partial charge >= 0.3 is 5.97 Å². The van der Waals surface area contributed by atoms with E-state index in [9.17, 15) is 9.90 Å². The van der Waals surface area contributed by atoms with Crippen LogP contribution in [0.3, 0.4) is 0 Å². The molecule has 10 heteroatoms. The minimum absolute atomic E-state index is 0.0433. The van der Waals surface area contributed by atoms with Crippen LogP contribution in [-0.4, -0.2) is 51.0 Å². The van der Waals surface area contributed by atoms with Crippen LogP contribution < -0.4 is 4.74 Å². The van der Waals surface area contributed by atoms with Gasteiger partial charge in [-0.3, -0.25) is 4.99 Å². The molecule has 0 bridgehead atoms. The molecule has 1 atom stereocenters. The van der Waals surface area contributed by atoms with Crippen molar-refractivity contribution in [3.63, 3.8) is 0 Å². The summed E-state index contributed by atoms with van der Waals surface area (Å²) in [6.45, 7) is 23.3. The molecule has 0 aromatic heterocycles. The largest absolute Gasteiger partial charge is 0.506 e. The predicted octanol–water partition coefficient (Wildman–Crippen LogP) is 8.68. The Kier molecular flexibility index (Phi) is 12.9. The Balaban J connectivity index is 3.59. The second kappa shape index (κ2) is 13.8. The molecule has 1 unspecified atom stereocenters. The Hall–Kier alpha value is -0.373. The van der Waals surface area contributed by atoms with E-state index < -0.39 is 14.3 Å². The van der Waals surface area contributed by atoms with Crippen LogP contribution in [0.1, 0.15) is 67.9 Å². The van der Waals surface area contributed by atoms with Crippen molar-refractivity contribution in [2.24, 2.45) is 10.4 Å². The zero-order valence-corrected chi connectivity index (χ0v) is 30.0. The molecule has 37 heavy (non-hydrogen) atoms. The molecule has 1 aromatic carbocycles. The summed E-state index contributed by atoms with van der Waals surface area (Å²) in [5, 5.41) is 11.6. The van der Waals surface area contributed by atoms with E-state index in [1.54, 1.807) is 13.0 Å². The SMILES string of the molecule is CCOC(=O)/C(C=NC(CO[Si](C)(C)C(C)(C)C)C(C)(C)C)=C(\O)c1cc(I)c(OC(C)C)c(I)c1Cl. The Morgan fingerprint density at radius 1 is 1.19 bits per heavy atom. The lowest BCUT2D eigenvalue weighted by Crippen LogP contribution is -2.44. The lowest BCUT2D eigenvalue weighted by atomic mass is 9.88. The van der Waals surface area contributed by atoms with Gasteiger partial charge in [0.2, 0.25) is 0 Å². The number of esters is 1. The molecule has 0 fully saturated rings. The lowest BCUT2D eigenvalue weighted by Gasteiger charge is -2.38. The number of benzene rings is 1. The molecule has 0 aliphatic heterocycles. The quantitative estimate of drug-likeness (QED) is 0.0490. The van der Waals surface area contributed by atoms with Crippen molar-refractivity contribution in [1.29, 1.82) is 0 Å². The van der Waals surface area contributed by atoms with Crippen LogP contribution >= 0.6 is 56.8 Å². The summed E-state index contributed by atoms with van der Waals surface area (Å²) in [6.07, 6.45) is 1.35. The summed E-state index contributed by atoms with van der Waals surface area (Å²) >= 11 is 10.9. The van der Waals surface area contributed by atoms with Crippen LogP contribution in [0.4, 0.5) is 0 Å². The van der Waals surface area contributed by atoms with Gasteiger partial charge in [0.1, 0.15) is 17.1 Å². The van der Waals surface area contributed by atoms with Gasteiger partial charge in [0.05, 0.1) is 37.5 Å². The van der Waals surface area contributed by atoms with Gasteiger partial charge in [-0.1, -0.05) is 53.1 Å².